The predicted octanol–water partition coefficient (Wildman–Crippen LogP) is 4.43. The Bertz CT molecular complexity index is 1230. The molecular formula is C25H22ClN3O5. The number of nitro benzene ring substituents is 1. The number of fused-ring (bicyclic) bond motifs is 5. The number of amides is 3. The minimum atomic E-state index is -0.850. The molecule has 1 heterocycles. The number of likely N-dealkylation sites (tertiary alicyclic amines) is 1. The molecule has 1 saturated carbocycles. The first-order valence-electron chi connectivity index (χ1n) is 11.1. The van der Waals surface area contributed by atoms with E-state index in [9.17, 15) is 24.5 Å². The minimum absolute atomic E-state index is 0.0555. The van der Waals surface area contributed by atoms with Crippen LogP contribution in [0.1, 0.15) is 30.0 Å². The van der Waals surface area contributed by atoms with Crippen molar-refractivity contribution in [3.8, 4) is 0 Å². The zero-order valence-electron chi connectivity index (χ0n) is 18.3. The highest BCUT2D eigenvalue weighted by atomic mass is 35.5. The fourth-order valence-corrected chi connectivity index (χ4v) is 5.86. The molecule has 0 radical (unpaired) electrons. The Morgan fingerprint density at radius 1 is 1.15 bits per heavy atom. The van der Waals surface area contributed by atoms with Crippen LogP contribution in [0.2, 0.25) is 5.02 Å². The van der Waals surface area contributed by atoms with Crippen LogP contribution >= 0.6 is 11.6 Å². The van der Waals surface area contributed by atoms with Gasteiger partial charge in [-0.15, -0.1) is 0 Å². The first kappa shape index (κ1) is 22.3. The summed E-state index contributed by atoms with van der Waals surface area (Å²) in [4.78, 5) is 51.7. The first-order valence-corrected chi connectivity index (χ1v) is 11.5. The number of carbonyl (C=O) groups is 3. The van der Waals surface area contributed by atoms with Gasteiger partial charge in [0.25, 0.3) is 5.69 Å². The maximum absolute atomic E-state index is 13.4. The fourth-order valence-electron chi connectivity index (χ4n) is 5.60. The maximum Gasteiger partial charge on any atom is 0.269 e. The summed E-state index contributed by atoms with van der Waals surface area (Å²) in [7, 11) is 0. The Morgan fingerprint density at radius 3 is 2.38 bits per heavy atom. The van der Waals surface area contributed by atoms with Crippen LogP contribution in [-0.2, 0) is 14.4 Å². The van der Waals surface area contributed by atoms with Gasteiger partial charge in [-0.2, -0.15) is 0 Å². The molecule has 8 nitrogen and oxygen atoms in total. The SMILES string of the molecule is Cc1cc([N+](=O)[O-])ccc1NC(=O)CC(c1ccccc1Cl)N1C(=O)C2C3C=CC(C3)C2C1=O. The van der Waals surface area contributed by atoms with Gasteiger partial charge in [-0.05, 0) is 48.4 Å². The fraction of sp³-hybridized carbons (Fsp3) is 0.320. The molecule has 3 amide bonds. The number of nitrogens with one attached hydrogen (secondary N) is 1. The summed E-state index contributed by atoms with van der Waals surface area (Å²) in [5.41, 5.74) is 1.41. The lowest BCUT2D eigenvalue weighted by atomic mass is 9.85. The number of carbonyl (C=O) groups excluding carboxylic acids is 3. The van der Waals surface area contributed by atoms with Crippen LogP contribution in [-0.4, -0.2) is 27.5 Å². The molecule has 5 unspecified atom stereocenters. The van der Waals surface area contributed by atoms with Crippen LogP contribution < -0.4 is 5.32 Å². The average molecular weight is 480 g/mol. The van der Waals surface area contributed by atoms with Crippen LogP contribution in [0.3, 0.4) is 0 Å². The zero-order chi connectivity index (χ0) is 24.1. The van der Waals surface area contributed by atoms with Crippen molar-refractivity contribution in [3.63, 3.8) is 0 Å². The molecule has 9 heteroatoms. The molecule has 1 N–H and O–H groups in total. The Morgan fingerprint density at radius 2 is 1.79 bits per heavy atom. The molecule has 2 aromatic rings. The van der Waals surface area contributed by atoms with Gasteiger partial charge in [-0.25, -0.2) is 0 Å². The van der Waals surface area contributed by atoms with E-state index in [4.69, 9.17) is 11.6 Å². The van der Waals surface area contributed by atoms with Gasteiger partial charge < -0.3 is 5.32 Å². The molecule has 2 aromatic carbocycles. The van der Waals surface area contributed by atoms with Gasteiger partial charge in [0.05, 0.1) is 29.2 Å². The van der Waals surface area contributed by atoms with Gasteiger partial charge in [0.2, 0.25) is 17.7 Å². The van der Waals surface area contributed by atoms with Gasteiger partial charge in [0, 0.05) is 22.8 Å². The third-order valence-corrected chi connectivity index (χ3v) is 7.50. The average Bonchev–Trinajstić information content (AvgIpc) is 3.48. The number of imide groups is 1. The number of non-ortho nitro benzene ring substituents is 1. The summed E-state index contributed by atoms with van der Waals surface area (Å²) in [6.45, 7) is 1.66. The lowest BCUT2D eigenvalue weighted by molar-refractivity contribution is -0.384. The van der Waals surface area contributed by atoms with Crippen molar-refractivity contribution in [2.75, 3.05) is 5.32 Å². The van der Waals surface area contributed by atoms with Crippen molar-refractivity contribution in [1.82, 2.24) is 4.90 Å². The van der Waals surface area contributed by atoms with E-state index in [0.717, 1.165) is 6.42 Å². The second kappa shape index (κ2) is 8.36. The Kier molecular flexibility index (Phi) is 5.48. The van der Waals surface area contributed by atoms with Crippen molar-refractivity contribution in [3.05, 3.63) is 80.9 Å². The number of benzene rings is 2. The van der Waals surface area contributed by atoms with E-state index in [1.54, 1.807) is 31.2 Å². The summed E-state index contributed by atoms with van der Waals surface area (Å²) in [5, 5.41) is 14.1. The number of hydrogen-bond acceptors (Lipinski definition) is 5. The number of rotatable bonds is 6. The van der Waals surface area contributed by atoms with Gasteiger partial charge >= 0.3 is 0 Å². The van der Waals surface area contributed by atoms with E-state index >= 15 is 0 Å². The Labute approximate surface area is 200 Å². The zero-order valence-corrected chi connectivity index (χ0v) is 19.1. The van der Waals surface area contributed by atoms with Crippen molar-refractivity contribution >= 4 is 40.7 Å². The number of nitrogens with zero attached hydrogens (tertiary/aromatic N) is 2. The normalized spacial score (nSPS) is 25.5. The summed E-state index contributed by atoms with van der Waals surface area (Å²) in [5.74, 6) is -1.59. The number of anilines is 1. The highest BCUT2D eigenvalue weighted by Crippen LogP contribution is 2.54. The lowest BCUT2D eigenvalue weighted by Crippen LogP contribution is -2.38. The highest BCUT2D eigenvalue weighted by molar-refractivity contribution is 6.31. The van der Waals surface area contributed by atoms with Crippen molar-refractivity contribution in [2.45, 2.75) is 25.8 Å². The summed E-state index contributed by atoms with van der Waals surface area (Å²) in [6.07, 6.45) is 4.68. The Balaban J connectivity index is 1.43. The Hall–Kier alpha value is -3.52. The smallest absolute Gasteiger partial charge is 0.269 e. The molecule has 2 bridgehead atoms. The maximum atomic E-state index is 13.4. The van der Waals surface area contributed by atoms with Crippen LogP contribution in [0.4, 0.5) is 11.4 Å². The van der Waals surface area contributed by atoms with Gasteiger partial charge in [-0.1, -0.05) is 42.0 Å². The lowest BCUT2D eigenvalue weighted by Gasteiger charge is -2.28. The summed E-state index contributed by atoms with van der Waals surface area (Å²) in [6, 6.07) is 10.2. The third-order valence-electron chi connectivity index (χ3n) is 7.15. The van der Waals surface area contributed by atoms with Crippen LogP contribution in [0.25, 0.3) is 0 Å². The largest absolute Gasteiger partial charge is 0.326 e. The van der Waals surface area contributed by atoms with Gasteiger partial charge in [0.1, 0.15) is 0 Å². The second-order valence-electron chi connectivity index (χ2n) is 9.09. The van der Waals surface area contributed by atoms with E-state index in [2.05, 4.69) is 5.32 Å². The van der Waals surface area contributed by atoms with Crippen molar-refractivity contribution in [2.24, 2.45) is 23.7 Å². The van der Waals surface area contributed by atoms with Crippen molar-refractivity contribution < 1.29 is 19.3 Å². The predicted molar refractivity (Wildman–Crippen MR) is 125 cm³/mol. The second-order valence-corrected chi connectivity index (χ2v) is 9.50. The quantitative estimate of drug-likeness (QED) is 0.285. The molecule has 34 heavy (non-hydrogen) atoms. The molecule has 0 aromatic heterocycles. The van der Waals surface area contributed by atoms with E-state index in [-0.39, 0.29) is 47.6 Å². The molecule has 5 rings (SSSR count). The standard InChI is InChI=1S/C25H22ClN3O5/c1-13-10-16(29(33)34)8-9-19(13)27-21(30)12-20(17-4-2-3-5-18(17)26)28-24(31)22-14-6-7-15(11-14)23(22)25(28)32/h2-10,14-15,20,22-23H,11-12H2,1H3,(H,27,30). The molecule has 1 saturated heterocycles. The van der Waals surface area contributed by atoms with E-state index in [0.29, 0.717) is 21.8 Å². The van der Waals surface area contributed by atoms with Gasteiger partial charge in [-0.3, -0.25) is 29.4 Å². The van der Waals surface area contributed by atoms with Crippen LogP contribution in [0.15, 0.2) is 54.6 Å². The number of nitro groups is 1. The number of aryl methyl sites for hydroxylation is 1. The molecular weight excluding hydrogens is 458 g/mol. The van der Waals surface area contributed by atoms with Crippen LogP contribution in [0.5, 0.6) is 0 Å². The minimum Gasteiger partial charge on any atom is -0.326 e. The molecule has 5 atom stereocenters. The van der Waals surface area contributed by atoms with Crippen molar-refractivity contribution in [1.29, 1.82) is 0 Å². The molecule has 3 aliphatic rings. The third kappa shape index (κ3) is 3.58. The molecule has 1 aliphatic heterocycles. The molecule has 2 fully saturated rings. The molecule has 174 valence electrons. The summed E-state index contributed by atoms with van der Waals surface area (Å²) >= 11 is 6.44. The number of halogens is 1. The number of hydrogen-bond donors (Lipinski definition) is 1. The molecule has 0 spiro atoms. The molecule has 2 aliphatic carbocycles. The van der Waals surface area contributed by atoms with Crippen LogP contribution in [0, 0.1) is 40.7 Å². The summed E-state index contributed by atoms with van der Waals surface area (Å²) < 4.78 is 0. The van der Waals surface area contributed by atoms with E-state index < -0.39 is 16.9 Å². The first-order chi connectivity index (χ1) is 16.3. The highest BCUT2D eigenvalue weighted by Gasteiger charge is 2.60. The van der Waals surface area contributed by atoms with E-state index in [1.165, 1.54) is 23.1 Å². The van der Waals surface area contributed by atoms with E-state index in [1.807, 2.05) is 12.2 Å². The number of allylic oxidation sites excluding steroid dienone is 2. The topological polar surface area (TPSA) is 110 Å². The monoisotopic (exact) mass is 479 g/mol. The van der Waals surface area contributed by atoms with Gasteiger partial charge in [0.15, 0.2) is 0 Å².